The third-order valence-electron chi connectivity index (χ3n) is 11.3. The van der Waals surface area contributed by atoms with Crippen LogP contribution in [0.3, 0.4) is 0 Å². The molecule has 4 bridgehead atoms. The Kier molecular flexibility index (Phi) is 5.84. The zero-order valence-electron chi connectivity index (χ0n) is 22.7. The average Bonchev–Trinajstić information content (AvgIpc) is 3.57. The van der Waals surface area contributed by atoms with Gasteiger partial charge in [0.2, 0.25) is 15.9 Å². The van der Waals surface area contributed by atoms with Crippen molar-refractivity contribution >= 4 is 15.9 Å². The molecule has 3 fully saturated rings. The summed E-state index contributed by atoms with van der Waals surface area (Å²) in [7, 11) is -3.80. The first-order valence-electron chi connectivity index (χ1n) is 14.5. The molecule has 39 heavy (non-hydrogen) atoms. The number of hydrogen-bond acceptors (Lipinski definition) is 5. The van der Waals surface area contributed by atoms with E-state index in [1.807, 2.05) is 24.3 Å². The largest absolute Gasteiger partial charge is 0.392 e. The molecule has 0 unspecified atom stereocenters. The summed E-state index contributed by atoms with van der Waals surface area (Å²) in [4.78, 5) is 13.5. The Hall–Kier alpha value is -2.26. The van der Waals surface area contributed by atoms with Gasteiger partial charge in [0, 0.05) is 17.3 Å². The van der Waals surface area contributed by atoms with Crippen molar-refractivity contribution in [3.8, 4) is 0 Å². The van der Waals surface area contributed by atoms with E-state index in [9.17, 15) is 18.3 Å². The van der Waals surface area contributed by atoms with Gasteiger partial charge >= 0.3 is 0 Å². The van der Waals surface area contributed by atoms with Crippen LogP contribution in [0.4, 0.5) is 0 Å². The van der Waals surface area contributed by atoms with Gasteiger partial charge in [-0.15, -0.1) is 0 Å². The molecule has 8 heteroatoms. The number of fused-ring (bicyclic) bond motifs is 3. The molecule has 6 atom stereocenters. The molecular formula is C31H39N3O4S. The van der Waals surface area contributed by atoms with Crippen molar-refractivity contribution in [3.05, 3.63) is 70.8 Å². The van der Waals surface area contributed by atoms with Crippen LogP contribution in [0, 0.1) is 16.7 Å². The summed E-state index contributed by atoms with van der Waals surface area (Å²) in [6, 6.07) is 15.3. The lowest BCUT2D eigenvalue weighted by molar-refractivity contribution is -0.123. The van der Waals surface area contributed by atoms with Crippen LogP contribution in [-0.2, 0) is 14.8 Å². The van der Waals surface area contributed by atoms with Gasteiger partial charge in [-0.25, -0.2) is 13.1 Å². The van der Waals surface area contributed by atoms with Crippen LogP contribution in [-0.4, -0.2) is 56.0 Å². The second kappa shape index (κ2) is 8.87. The summed E-state index contributed by atoms with van der Waals surface area (Å²) in [6.07, 6.45) is 3.48. The molecule has 2 saturated carbocycles. The highest BCUT2D eigenvalue weighted by Gasteiger charge is 2.65. The van der Waals surface area contributed by atoms with Gasteiger partial charge in [0.25, 0.3) is 0 Å². The van der Waals surface area contributed by atoms with E-state index < -0.39 is 33.6 Å². The Labute approximate surface area is 231 Å². The highest BCUT2D eigenvalue weighted by Crippen LogP contribution is 2.66. The van der Waals surface area contributed by atoms with Crippen LogP contribution in [0.2, 0.25) is 0 Å². The van der Waals surface area contributed by atoms with E-state index >= 15 is 0 Å². The smallest absolute Gasteiger partial charge is 0.237 e. The number of nitrogens with one attached hydrogen (secondary N) is 3. The summed E-state index contributed by atoms with van der Waals surface area (Å²) in [5.74, 6) is -0.170. The van der Waals surface area contributed by atoms with Crippen LogP contribution in [0.5, 0.6) is 0 Å². The van der Waals surface area contributed by atoms with Crippen molar-refractivity contribution in [1.29, 1.82) is 0 Å². The third kappa shape index (κ3) is 3.71. The van der Waals surface area contributed by atoms with E-state index in [4.69, 9.17) is 0 Å². The Morgan fingerprint density at radius 3 is 2.05 bits per heavy atom. The first-order valence-corrected chi connectivity index (χ1v) is 16.2. The first kappa shape index (κ1) is 25.7. The molecular weight excluding hydrogens is 510 g/mol. The van der Waals surface area contributed by atoms with E-state index in [2.05, 4.69) is 53.5 Å². The summed E-state index contributed by atoms with van der Waals surface area (Å²) in [5, 5.41) is 17.7. The molecule has 1 aliphatic heterocycles. The van der Waals surface area contributed by atoms with Crippen LogP contribution in [0.15, 0.2) is 48.5 Å². The molecule has 5 aliphatic carbocycles. The lowest BCUT2D eigenvalue weighted by Gasteiger charge is -2.51. The Bertz CT molecular complexity index is 1370. The van der Waals surface area contributed by atoms with Crippen LogP contribution in [0.1, 0.15) is 80.0 Å². The standard InChI is InChI=1S/C31H39N3O4S/c1-30(2)18-13-14-31(30,24(35)16-18)17-39(37,38)34-28-26-21-10-5-3-8-19(21)25(20-9-4-6-11-22(20)26)27(28)33-29(36)23-12-7-15-32-23/h3-6,8-11,18,23-28,32,34-35H,7,12-17H2,1-2H3,(H,33,36)/t18-,23+,24-,25?,26?,27-,28-,31-/m1/s1. The number of aliphatic hydroxyl groups excluding tert-OH is 1. The zero-order chi connectivity index (χ0) is 27.2. The van der Waals surface area contributed by atoms with E-state index in [1.54, 1.807) is 0 Å². The van der Waals surface area contributed by atoms with Crippen LogP contribution in [0.25, 0.3) is 0 Å². The molecule has 2 aromatic rings. The van der Waals surface area contributed by atoms with Crippen molar-refractivity contribution in [1.82, 2.24) is 15.4 Å². The fraction of sp³-hybridized carbons (Fsp3) is 0.581. The predicted molar refractivity (Wildman–Crippen MR) is 150 cm³/mol. The van der Waals surface area contributed by atoms with Crippen molar-refractivity contribution in [3.63, 3.8) is 0 Å². The van der Waals surface area contributed by atoms with Gasteiger partial charge in [-0.3, -0.25) is 4.79 Å². The monoisotopic (exact) mass is 549 g/mol. The van der Waals surface area contributed by atoms with Gasteiger partial charge in [-0.1, -0.05) is 62.4 Å². The minimum atomic E-state index is -3.80. The molecule has 6 aliphatic rings. The maximum Gasteiger partial charge on any atom is 0.237 e. The topological polar surface area (TPSA) is 108 Å². The zero-order valence-corrected chi connectivity index (χ0v) is 23.5. The van der Waals surface area contributed by atoms with Crippen molar-refractivity contribution < 1.29 is 18.3 Å². The van der Waals surface area contributed by atoms with Crippen molar-refractivity contribution in [2.24, 2.45) is 16.7 Å². The molecule has 208 valence electrons. The molecule has 4 N–H and O–H groups in total. The Morgan fingerprint density at radius 2 is 1.56 bits per heavy atom. The number of rotatable bonds is 6. The number of hydrogen-bond donors (Lipinski definition) is 4. The number of carbonyl (C=O) groups excluding carboxylic acids is 1. The van der Waals surface area contributed by atoms with Crippen molar-refractivity contribution in [2.75, 3.05) is 12.3 Å². The number of carbonyl (C=O) groups is 1. The maximum atomic E-state index is 14.1. The SMILES string of the molecule is CC1(C)[C@@H]2CC[C@@]1(CS(=O)(=O)N[C@@H]1C3c4ccccc4C(c4ccccc43)[C@H]1NC(=O)[C@@H]1CCCN1)[C@H](O)C2. The predicted octanol–water partition coefficient (Wildman–Crippen LogP) is 2.99. The number of sulfonamides is 1. The molecule has 1 saturated heterocycles. The number of benzene rings is 2. The lowest BCUT2D eigenvalue weighted by Crippen LogP contribution is -2.64. The number of amides is 1. The highest BCUT2D eigenvalue weighted by molar-refractivity contribution is 7.89. The minimum absolute atomic E-state index is 0.0613. The van der Waals surface area contributed by atoms with E-state index in [-0.39, 0.29) is 35.0 Å². The fourth-order valence-corrected chi connectivity index (χ4v) is 11.3. The highest BCUT2D eigenvalue weighted by atomic mass is 32.2. The van der Waals surface area contributed by atoms with E-state index in [0.717, 1.165) is 54.5 Å². The summed E-state index contributed by atoms with van der Waals surface area (Å²) < 4.78 is 31.4. The average molecular weight is 550 g/mol. The van der Waals surface area contributed by atoms with Gasteiger partial charge in [0.15, 0.2) is 0 Å². The summed E-state index contributed by atoms with van der Waals surface area (Å²) >= 11 is 0. The van der Waals surface area contributed by atoms with Gasteiger partial charge in [-0.05, 0) is 72.2 Å². The lowest BCUT2D eigenvalue weighted by atomic mass is 9.59. The third-order valence-corrected chi connectivity index (χ3v) is 12.8. The molecule has 0 radical (unpaired) electrons. The van der Waals surface area contributed by atoms with E-state index in [1.165, 1.54) is 0 Å². The molecule has 0 aromatic heterocycles. The Morgan fingerprint density at radius 1 is 0.974 bits per heavy atom. The van der Waals surface area contributed by atoms with Gasteiger partial charge < -0.3 is 15.7 Å². The minimum Gasteiger partial charge on any atom is -0.392 e. The molecule has 1 heterocycles. The molecule has 7 nitrogen and oxygen atoms in total. The van der Waals surface area contributed by atoms with Crippen molar-refractivity contribution in [2.45, 2.75) is 82.0 Å². The van der Waals surface area contributed by atoms with Gasteiger partial charge in [0.05, 0.1) is 30.0 Å². The molecule has 0 spiro atoms. The normalized spacial score (nSPS) is 37.5. The Balaban J connectivity index is 1.28. The number of aliphatic hydroxyl groups is 1. The van der Waals surface area contributed by atoms with Gasteiger partial charge in [-0.2, -0.15) is 0 Å². The first-order chi connectivity index (χ1) is 18.6. The van der Waals surface area contributed by atoms with Crippen LogP contribution < -0.4 is 15.4 Å². The molecule has 2 aromatic carbocycles. The second-order valence-electron chi connectivity index (χ2n) is 13.2. The molecule has 1 amide bonds. The fourth-order valence-electron chi connectivity index (χ4n) is 9.13. The van der Waals surface area contributed by atoms with Crippen LogP contribution >= 0.6 is 0 Å². The summed E-state index contributed by atoms with van der Waals surface area (Å²) in [6.45, 7) is 5.07. The van der Waals surface area contributed by atoms with E-state index in [0.29, 0.717) is 12.3 Å². The quantitative estimate of drug-likeness (QED) is 0.443. The second-order valence-corrected chi connectivity index (χ2v) is 14.9. The summed E-state index contributed by atoms with van der Waals surface area (Å²) in [5.41, 5.74) is 3.67. The molecule has 8 rings (SSSR count). The van der Waals surface area contributed by atoms with Gasteiger partial charge in [0.1, 0.15) is 0 Å². The maximum absolute atomic E-state index is 14.1.